The normalized spacial score (nSPS) is 10.8. The van der Waals surface area contributed by atoms with E-state index in [1.54, 1.807) is 0 Å². The molecule has 0 aliphatic carbocycles. The average Bonchev–Trinajstić information content (AvgIpc) is 2.10. The Labute approximate surface area is 206 Å². The first kappa shape index (κ1) is 27.8. The number of rotatable bonds is 9. The Morgan fingerprint density at radius 1 is 0.591 bits per heavy atom. The summed E-state index contributed by atoms with van der Waals surface area (Å²) in [6.07, 6.45) is -4.73. The van der Waals surface area contributed by atoms with Crippen molar-refractivity contribution < 1.29 is 39.6 Å². The smallest absolute Gasteiger partial charge is 0.550 e. The van der Waals surface area contributed by atoms with Crippen LogP contribution in [-0.2, 0) is 19.2 Å². The van der Waals surface area contributed by atoms with Gasteiger partial charge in [0.1, 0.15) is 0 Å². The van der Waals surface area contributed by atoms with Gasteiger partial charge in [-0.25, -0.2) is 0 Å². The predicted molar refractivity (Wildman–Crippen MR) is 63.8 cm³/mol. The molecule has 0 aromatic heterocycles. The number of carbonyl (C=O) groups is 4. The van der Waals surface area contributed by atoms with E-state index >= 15 is 0 Å². The van der Waals surface area contributed by atoms with Gasteiger partial charge in [0, 0.05) is 60.6 Å². The zero-order valence-corrected chi connectivity index (χ0v) is 20.5. The summed E-state index contributed by atoms with van der Waals surface area (Å²) < 4.78 is 0. The van der Waals surface area contributed by atoms with Crippen LogP contribution >= 0.6 is 0 Å². The summed E-state index contributed by atoms with van der Waals surface area (Å²) in [6.45, 7) is 0. The Bertz CT molecular complexity index is 371. The Morgan fingerprint density at radius 3 is 0.818 bits per heavy atom. The van der Waals surface area contributed by atoms with Crippen molar-refractivity contribution in [3.63, 3.8) is 0 Å². The summed E-state index contributed by atoms with van der Waals surface area (Å²) in [5.74, 6) is -7.33. The Hall–Kier alpha value is 0.943. The molecule has 12 heteroatoms. The third kappa shape index (κ3) is 9.29. The zero-order chi connectivity index (χ0) is 16.1. The molecule has 0 spiro atoms. The van der Waals surface area contributed by atoms with Gasteiger partial charge >= 0.3 is 97.8 Å². The van der Waals surface area contributed by atoms with Gasteiger partial charge in [-0.2, -0.15) is 0 Å². The molecule has 0 aromatic rings. The van der Waals surface area contributed by atoms with Gasteiger partial charge in [-0.1, -0.05) is 0 Å². The van der Waals surface area contributed by atoms with E-state index in [0.29, 0.717) is 0 Å². The number of hydrogen-bond acceptors (Lipinski definition) is 10. The molecular formula is C10H12Ba2N2O8. The maximum absolute atomic E-state index is 10.6. The minimum atomic E-state index is -2.43. The summed E-state index contributed by atoms with van der Waals surface area (Å²) in [4.78, 5) is 42.5. The fraction of sp³-hybridized carbons (Fsp3) is 0.600. The molecule has 0 amide bonds. The minimum Gasteiger partial charge on any atom is -0.550 e. The molecule has 0 radical (unpaired) electrons. The van der Waals surface area contributed by atoms with Crippen molar-refractivity contribution in [3.8, 4) is 0 Å². The molecule has 10 nitrogen and oxygen atoms in total. The van der Waals surface area contributed by atoms with E-state index in [2.05, 4.69) is 0 Å². The van der Waals surface area contributed by atoms with Crippen molar-refractivity contribution in [2.24, 2.45) is 11.5 Å². The minimum absolute atomic E-state index is 0. The van der Waals surface area contributed by atoms with E-state index in [9.17, 15) is 39.6 Å². The number of nitrogens with two attached hydrogens (primary N) is 2. The van der Waals surface area contributed by atoms with Gasteiger partial charge in [-0.05, 0) is 0 Å². The zero-order valence-electron chi connectivity index (χ0n) is 11.7. The molecule has 0 aliphatic rings. The second-order valence-electron chi connectivity index (χ2n) is 4.51. The monoisotopic (exact) mass is 564 g/mol. The SMILES string of the molecule is NC(CC(=O)[O-])(CC(=O)[O-])C(N)(CC(=O)[O-])CC(=O)[O-].[Ba+2].[Ba+2]. The Balaban J connectivity index is -0.00000180. The van der Waals surface area contributed by atoms with E-state index < -0.39 is 60.6 Å². The van der Waals surface area contributed by atoms with Crippen molar-refractivity contribution in [2.75, 3.05) is 0 Å². The van der Waals surface area contributed by atoms with Crippen LogP contribution in [0.3, 0.4) is 0 Å². The fourth-order valence-corrected chi connectivity index (χ4v) is 1.86. The first-order valence-corrected chi connectivity index (χ1v) is 5.29. The number of carbonyl (C=O) groups excluding carboxylic acids is 4. The van der Waals surface area contributed by atoms with E-state index in [4.69, 9.17) is 11.5 Å². The number of hydrogen-bond donors (Lipinski definition) is 2. The van der Waals surface area contributed by atoms with Crippen LogP contribution in [0.4, 0.5) is 0 Å². The van der Waals surface area contributed by atoms with Gasteiger partial charge < -0.3 is 51.1 Å². The third-order valence-corrected chi connectivity index (χ3v) is 2.83. The summed E-state index contributed by atoms with van der Waals surface area (Å²) in [7, 11) is 0. The van der Waals surface area contributed by atoms with Crippen molar-refractivity contribution in [1.82, 2.24) is 0 Å². The molecule has 0 atom stereocenters. The van der Waals surface area contributed by atoms with Gasteiger partial charge in [-0.15, -0.1) is 0 Å². The van der Waals surface area contributed by atoms with Crippen LogP contribution in [0.15, 0.2) is 0 Å². The summed E-state index contributed by atoms with van der Waals surface area (Å²) in [5, 5.41) is 42.5. The van der Waals surface area contributed by atoms with E-state index in [0.717, 1.165) is 0 Å². The summed E-state index contributed by atoms with van der Waals surface area (Å²) in [6, 6.07) is 0. The quantitative estimate of drug-likeness (QED) is 0.253. The predicted octanol–water partition coefficient (Wildman–Crippen LogP) is -7.82. The van der Waals surface area contributed by atoms with E-state index in [-0.39, 0.29) is 97.8 Å². The number of carboxylic acid groups (broad SMARTS) is 4. The van der Waals surface area contributed by atoms with Gasteiger partial charge in [0.2, 0.25) is 0 Å². The topological polar surface area (TPSA) is 213 Å². The average molecular weight is 563 g/mol. The third-order valence-electron chi connectivity index (χ3n) is 2.83. The van der Waals surface area contributed by atoms with Crippen LogP contribution in [-0.4, -0.2) is 133 Å². The van der Waals surface area contributed by atoms with Crippen LogP contribution in [0.2, 0.25) is 0 Å². The molecule has 0 unspecified atom stereocenters. The van der Waals surface area contributed by atoms with Gasteiger partial charge in [0.25, 0.3) is 0 Å². The molecule has 0 saturated heterocycles. The summed E-state index contributed by atoms with van der Waals surface area (Å²) >= 11 is 0. The molecule has 0 bridgehead atoms. The van der Waals surface area contributed by atoms with Crippen LogP contribution in [0.25, 0.3) is 0 Å². The van der Waals surface area contributed by atoms with Gasteiger partial charge in [0.05, 0.1) is 0 Å². The van der Waals surface area contributed by atoms with E-state index in [1.807, 2.05) is 0 Å². The van der Waals surface area contributed by atoms with Gasteiger partial charge in [0.15, 0.2) is 0 Å². The van der Waals surface area contributed by atoms with Crippen molar-refractivity contribution in [2.45, 2.75) is 36.8 Å². The molecule has 22 heavy (non-hydrogen) atoms. The number of carboxylic acids is 4. The van der Waals surface area contributed by atoms with Gasteiger partial charge in [-0.3, -0.25) is 0 Å². The first-order chi connectivity index (χ1) is 8.92. The Kier molecular flexibility index (Phi) is 14.5. The second kappa shape index (κ2) is 11.5. The molecule has 0 fully saturated rings. The van der Waals surface area contributed by atoms with Crippen LogP contribution in [0, 0.1) is 0 Å². The maximum Gasteiger partial charge on any atom is 2.00 e. The maximum atomic E-state index is 10.6. The molecule has 4 N–H and O–H groups in total. The van der Waals surface area contributed by atoms with Crippen LogP contribution in [0.5, 0.6) is 0 Å². The molecule has 0 aliphatic heterocycles. The standard InChI is InChI=1S/C10H16N2O8.2Ba/c11-9(1-5(13)14,2-6(15)16)10(12,3-7(17)18)4-8(19)20;;/h1-4,11-12H2,(H,13,14)(H,15,16)(H,17,18)(H,19,20);;/q;2*+2/p-4. The second-order valence-corrected chi connectivity index (χ2v) is 4.51. The van der Waals surface area contributed by atoms with Crippen LogP contribution < -0.4 is 31.9 Å². The first-order valence-electron chi connectivity index (χ1n) is 5.29. The molecule has 0 heterocycles. The summed E-state index contributed by atoms with van der Waals surface area (Å²) in [5.41, 5.74) is 6.20. The van der Waals surface area contributed by atoms with Crippen molar-refractivity contribution in [1.29, 1.82) is 0 Å². The Morgan fingerprint density at radius 2 is 0.727 bits per heavy atom. The van der Waals surface area contributed by atoms with Crippen LogP contribution in [0.1, 0.15) is 25.7 Å². The van der Waals surface area contributed by atoms with Crippen molar-refractivity contribution >= 4 is 122 Å². The fourth-order valence-electron chi connectivity index (χ4n) is 1.86. The molecular weight excluding hydrogens is 551 g/mol. The van der Waals surface area contributed by atoms with E-state index in [1.165, 1.54) is 0 Å². The molecule has 114 valence electrons. The number of aliphatic carboxylic acids is 4. The van der Waals surface area contributed by atoms with Crippen molar-refractivity contribution in [3.05, 3.63) is 0 Å². The largest absolute Gasteiger partial charge is 2.00 e. The molecule has 0 rings (SSSR count). The molecule has 0 aromatic carbocycles. The molecule has 0 saturated carbocycles.